The lowest BCUT2D eigenvalue weighted by molar-refractivity contribution is 0.415. The second-order valence-electron chi connectivity index (χ2n) is 7.98. The van der Waals surface area contributed by atoms with Crippen LogP contribution in [0.2, 0.25) is 0 Å². The van der Waals surface area contributed by atoms with Crippen LogP contribution in [0, 0.1) is 0 Å². The number of benzene rings is 1. The molecule has 0 radical (unpaired) electrons. The fraction of sp³-hybridized carbons (Fsp3) is 0.261. The summed E-state index contributed by atoms with van der Waals surface area (Å²) < 4.78 is 11.5. The topological polar surface area (TPSA) is 106 Å². The smallest absolute Gasteiger partial charge is 0.332 e. The van der Waals surface area contributed by atoms with Crippen LogP contribution >= 0.6 is 11.3 Å². The Morgan fingerprint density at radius 2 is 1.74 bits per heavy atom. The Hall–Kier alpha value is -3.99. The third kappa shape index (κ3) is 3.54. The highest BCUT2D eigenvalue weighted by Crippen LogP contribution is 2.31. The van der Waals surface area contributed by atoms with E-state index in [9.17, 15) is 14.4 Å². The van der Waals surface area contributed by atoms with E-state index in [1.165, 1.54) is 37.7 Å². The number of hydrogen-bond donors (Lipinski definition) is 0. The average molecular weight is 479 g/mol. The van der Waals surface area contributed by atoms with Gasteiger partial charge in [0.05, 0.1) is 25.3 Å². The standard InChI is InChI=1S/C23H22N6O4S/c1-26-12-25-20-18(26)21(30)29(23(32)27(20)2)10-4-9-28-13-24-16-11-17(34-19(16)22(28)31)14-5-7-15(33-3)8-6-14/h5-8,11-13H,4,9-10H2,1-3H3. The molecule has 4 aromatic heterocycles. The van der Waals surface area contributed by atoms with E-state index in [4.69, 9.17) is 4.74 Å². The maximum atomic E-state index is 13.1. The molecule has 0 aliphatic rings. The van der Waals surface area contributed by atoms with Gasteiger partial charge in [-0.3, -0.25) is 23.3 Å². The van der Waals surface area contributed by atoms with Crippen molar-refractivity contribution in [3.05, 3.63) is 74.2 Å². The van der Waals surface area contributed by atoms with Gasteiger partial charge in [0.1, 0.15) is 10.4 Å². The highest BCUT2D eigenvalue weighted by atomic mass is 32.1. The zero-order valence-electron chi connectivity index (χ0n) is 18.9. The SMILES string of the molecule is COc1ccc(-c2cc3ncn(CCCn4c(=O)c5c(ncn5C)n(C)c4=O)c(=O)c3s2)cc1. The summed E-state index contributed by atoms with van der Waals surface area (Å²) in [6, 6.07) is 9.54. The number of aryl methyl sites for hydroxylation is 3. The number of hydrogen-bond acceptors (Lipinski definition) is 7. The number of ether oxygens (including phenoxy) is 1. The second kappa shape index (κ2) is 8.41. The van der Waals surface area contributed by atoms with Gasteiger partial charge in [0.25, 0.3) is 11.1 Å². The molecule has 10 nitrogen and oxygen atoms in total. The van der Waals surface area contributed by atoms with Gasteiger partial charge >= 0.3 is 5.69 Å². The predicted molar refractivity (Wildman–Crippen MR) is 131 cm³/mol. The highest BCUT2D eigenvalue weighted by molar-refractivity contribution is 7.22. The molecule has 0 saturated heterocycles. The first-order valence-corrected chi connectivity index (χ1v) is 11.4. The molecule has 34 heavy (non-hydrogen) atoms. The molecular formula is C23H22N6O4S. The number of imidazole rings is 1. The molecule has 1 aromatic carbocycles. The van der Waals surface area contributed by atoms with Gasteiger partial charge in [-0.15, -0.1) is 11.3 Å². The number of aromatic nitrogens is 6. The lowest BCUT2D eigenvalue weighted by atomic mass is 10.2. The van der Waals surface area contributed by atoms with Crippen LogP contribution in [-0.2, 0) is 27.2 Å². The molecule has 11 heteroatoms. The quantitative estimate of drug-likeness (QED) is 0.369. The molecule has 0 aliphatic carbocycles. The maximum absolute atomic E-state index is 13.1. The van der Waals surface area contributed by atoms with Crippen LogP contribution in [0.1, 0.15) is 6.42 Å². The summed E-state index contributed by atoms with van der Waals surface area (Å²) in [7, 11) is 4.92. The van der Waals surface area contributed by atoms with Gasteiger partial charge in [-0.2, -0.15) is 0 Å². The average Bonchev–Trinajstić information content (AvgIpc) is 3.46. The first-order chi connectivity index (χ1) is 16.4. The van der Waals surface area contributed by atoms with E-state index in [0.29, 0.717) is 34.3 Å². The Morgan fingerprint density at radius 1 is 0.971 bits per heavy atom. The van der Waals surface area contributed by atoms with E-state index >= 15 is 0 Å². The summed E-state index contributed by atoms with van der Waals surface area (Å²) in [5.74, 6) is 0.766. The molecule has 0 N–H and O–H groups in total. The van der Waals surface area contributed by atoms with E-state index in [-0.39, 0.29) is 17.7 Å². The monoisotopic (exact) mass is 478 g/mol. The summed E-state index contributed by atoms with van der Waals surface area (Å²) in [5.41, 5.74) is 1.38. The number of methoxy groups -OCH3 is 1. The molecule has 0 saturated carbocycles. The third-order valence-electron chi connectivity index (χ3n) is 5.86. The van der Waals surface area contributed by atoms with Crippen LogP contribution in [0.4, 0.5) is 0 Å². The van der Waals surface area contributed by atoms with Gasteiger partial charge in [-0.05, 0) is 42.3 Å². The molecule has 174 valence electrons. The molecule has 0 aliphatic heterocycles. The van der Waals surface area contributed by atoms with Crippen molar-refractivity contribution in [2.24, 2.45) is 14.1 Å². The van der Waals surface area contributed by atoms with Crippen molar-refractivity contribution < 1.29 is 4.74 Å². The lowest BCUT2D eigenvalue weighted by Crippen LogP contribution is -2.40. The minimum Gasteiger partial charge on any atom is -0.497 e. The Labute approximate surface area is 196 Å². The van der Waals surface area contributed by atoms with E-state index in [1.807, 2.05) is 30.3 Å². The fourth-order valence-electron chi connectivity index (χ4n) is 3.99. The fourth-order valence-corrected chi connectivity index (χ4v) is 5.06. The van der Waals surface area contributed by atoms with Gasteiger partial charge in [0, 0.05) is 32.1 Å². The number of fused-ring (bicyclic) bond motifs is 2. The Morgan fingerprint density at radius 3 is 2.47 bits per heavy atom. The van der Waals surface area contributed by atoms with Crippen LogP contribution in [0.5, 0.6) is 5.75 Å². The zero-order valence-corrected chi connectivity index (χ0v) is 19.7. The van der Waals surface area contributed by atoms with E-state index in [1.54, 1.807) is 25.8 Å². The molecule has 0 unspecified atom stereocenters. The van der Waals surface area contributed by atoms with E-state index in [2.05, 4.69) is 9.97 Å². The van der Waals surface area contributed by atoms with Gasteiger partial charge in [0.15, 0.2) is 11.2 Å². The molecule has 0 atom stereocenters. The van der Waals surface area contributed by atoms with Gasteiger partial charge in [0.2, 0.25) is 0 Å². The molecular weight excluding hydrogens is 456 g/mol. The minimum absolute atomic E-state index is 0.142. The summed E-state index contributed by atoms with van der Waals surface area (Å²) in [6.07, 6.45) is 3.44. The van der Waals surface area contributed by atoms with Crippen molar-refractivity contribution in [2.75, 3.05) is 7.11 Å². The van der Waals surface area contributed by atoms with Crippen molar-refractivity contribution in [3.8, 4) is 16.2 Å². The van der Waals surface area contributed by atoms with Crippen LogP contribution in [0.15, 0.2) is 57.4 Å². The van der Waals surface area contributed by atoms with Gasteiger partial charge < -0.3 is 9.30 Å². The summed E-state index contributed by atoms with van der Waals surface area (Å²) in [5, 5.41) is 0. The van der Waals surface area contributed by atoms with Crippen LogP contribution in [-0.4, -0.2) is 35.3 Å². The Bertz CT molecular complexity index is 1700. The summed E-state index contributed by atoms with van der Waals surface area (Å²) in [4.78, 5) is 48.1. The first kappa shape index (κ1) is 21.8. The Balaban J connectivity index is 1.40. The largest absolute Gasteiger partial charge is 0.497 e. The number of rotatable bonds is 6. The predicted octanol–water partition coefficient (Wildman–Crippen LogP) is 1.97. The molecule has 0 amide bonds. The normalized spacial score (nSPS) is 11.5. The molecule has 4 heterocycles. The van der Waals surface area contributed by atoms with Crippen molar-refractivity contribution >= 4 is 32.7 Å². The molecule has 5 rings (SSSR count). The van der Waals surface area contributed by atoms with Crippen LogP contribution in [0.25, 0.3) is 31.8 Å². The van der Waals surface area contributed by atoms with Gasteiger partial charge in [-0.1, -0.05) is 0 Å². The van der Waals surface area contributed by atoms with Crippen molar-refractivity contribution in [3.63, 3.8) is 0 Å². The summed E-state index contributed by atoms with van der Waals surface area (Å²) >= 11 is 1.39. The second-order valence-corrected chi connectivity index (χ2v) is 9.03. The lowest BCUT2D eigenvalue weighted by Gasteiger charge is -2.09. The van der Waals surface area contributed by atoms with E-state index < -0.39 is 5.69 Å². The molecule has 0 bridgehead atoms. The van der Waals surface area contributed by atoms with Gasteiger partial charge in [-0.25, -0.2) is 14.8 Å². The third-order valence-corrected chi connectivity index (χ3v) is 7.02. The van der Waals surface area contributed by atoms with E-state index in [0.717, 1.165) is 16.2 Å². The van der Waals surface area contributed by atoms with Crippen molar-refractivity contribution in [1.82, 2.24) is 28.2 Å². The van der Waals surface area contributed by atoms with Crippen LogP contribution < -0.4 is 21.5 Å². The van der Waals surface area contributed by atoms with Crippen molar-refractivity contribution in [1.29, 1.82) is 0 Å². The first-order valence-electron chi connectivity index (χ1n) is 10.6. The number of thiophene rings is 1. The summed E-state index contributed by atoms with van der Waals surface area (Å²) in [6.45, 7) is 0.509. The molecule has 0 spiro atoms. The molecule has 0 fully saturated rings. The van der Waals surface area contributed by atoms with Crippen molar-refractivity contribution in [2.45, 2.75) is 19.5 Å². The highest BCUT2D eigenvalue weighted by Gasteiger charge is 2.15. The van der Waals surface area contributed by atoms with Crippen LogP contribution in [0.3, 0.4) is 0 Å². The zero-order chi connectivity index (χ0) is 24.0. The molecule has 5 aromatic rings. The minimum atomic E-state index is -0.431. The Kier molecular flexibility index (Phi) is 5.40. The number of nitrogens with zero attached hydrogens (tertiary/aromatic N) is 6. The maximum Gasteiger partial charge on any atom is 0.332 e.